The topological polar surface area (TPSA) is 347 Å². The Balaban J connectivity index is 1.52. The number of amides is 2. The summed E-state index contributed by atoms with van der Waals surface area (Å²) < 4.78 is 62.9. The Morgan fingerprint density at radius 3 is 2.43 bits per heavy atom. The van der Waals surface area contributed by atoms with E-state index in [1.165, 1.54) is 25.6 Å². The van der Waals surface area contributed by atoms with Crippen LogP contribution in [-0.4, -0.2) is 122 Å². The SMILES string of the molecule is CCCC(=S)SCCNC(=O)CCNC(=O)[C@H](O)C(C)(C)COP(=O)(O)OP(=O)(O)OC[C@H]1O[C@@H](n2cnc3c(N)ncnc32)[C@H](O)[C@@H]1OP(=O)(O)O. The highest BCUT2D eigenvalue weighted by molar-refractivity contribution is 8.23. The number of phosphoric ester groups is 3. The van der Waals surface area contributed by atoms with Crippen molar-refractivity contribution >= 4 is 80.4 Å². The number of nitrogens with one attached hydrogen (secondary N) is 2. The summed E-state index contributed by atoms with van der Waals surface area (Å²) in [4.78, 5) is 75.4. The van der Waals surface area contributed by atoms with Crippen LogP contribution in [-0.2, 0) is 45.9 Å². The van der Waals surface area contributed by atoms with Crippen LogP contribution in [0.4, 0.5) is 5.82 Å². The lowest BCUT2D eigenvalue weighted by atomic mass is 9.87. The number of nitrogen functional groups attached to an aromatic ring is 1. The number of rotatable bonds is 21. The highest BCUT2D eigenvalue weighted by Crippen LogP contribution is 2.61. The maximum Gasteiger partial charge on any atom is 0.481 e. The predicted molar refractivity (Wildman–Crippen MR) is 190 cm³/mol. The van der Waals surface area contributed by atoms with Crippen LogP contribution in [0.2, 0.25) is 0 Å². The van der Waals surface area contributed by atoms with Crippen LogP contribution in [0.25, 0.3) is 11.2 Å². The zero-order valence-electron chi connectivity index (χ0n) is 28.5. The van der Waals surface area contributed by atoms with Crippen molar-refractivity contribution in [3.63, 3.8) is 0 Å². The van der Waals surface area contributed by atoms with Crippen molar-refractivity contribution in [2.45, 2.75) is 70.7 Å². The van der Waals surface area contributed by atoms with Gasteiger partial charge in [-0.25, -0.2) is 28.6 Å². The number of thiocarbonyl (C=S) groups is 1. The molecule has 0 aromatic carbocycles. The molecular formula is C25H42N7O16P3S2. The molecule has 10 N–H and O–H groups in total. The summed E-state index contributed by atoms with van der Waals surface area (Å²) in [5, 5.41) is 26.4. The van der Waals surface area contributed by atoms with Gasteiger partial charge in [-0.1, -0.05) is 39.4 Å². The van der Waals surface area contributed by atoms with Gasteiger partial charge in [0.05, 0.1) is 19.5 Å². The van der Waals surface area contributed by atoms with Gasteiger partial charge in [-0.05, 0) is 6.42 Å². The molecule has 1 fully saturated rings. The number of carbonyl (C=O) groups is 2. The third-order valence-electron chi connectivity index (χ3n) is 7.22. The number of aromatic nitrogens is 4. The summed E-state index contributed by atoms with van der Waals surface area (Å²) in [5.74, 6) is -0.747. The van der Waals surface area contributed by atoms with E-state index >= 15 is 0 Å². The minimum absolute atomic E-state index is 0.0367. The highest BCUT2D eigenvalue weighted by atomic mass is 32.2. The lowest BCUT2D eigenvalue weighted by molar-refractivity contribution is -0.137. The van der Waals surface area contributed by atoms with Gasteiger partial charge in [-0.3, -0.25) is 27.7 Å². The minimum atomic E-state index is -5.55. The van der Waals surface area contributed by atoms with Gasteiger partial charge in [-0.2, -0.15) is 4.31 Å². The average Bonchev–Trinajstić information content (AvgIpc) is 3.61. The van der Waals surface area contributed by atoms with Crippen molar-refractivity contribution in [1.82, 2.24) is 30.2 Å². The summed E-state index contributed by atoms with van der Waals surface area (Å²) in [6.07, 6.45) is -5.04. The Morgan fingerprint density at radius 1 is 1.09 bits per heavy atom. The first-order valence-electron chi connectivity index (χ1n) is 15.6. The van der Waals surface area contributed by atoms with E-state index in [0.717, 1.165) is 34.3 Å². The van der Waals surface area contributed by atoms with Crippen LogP contribution in [0.15, 0.2) is 12.7 Å². The van der Waals surface area contributed by atoms with Crippen molar-refractivity contribution in [1.29, 1.82) is 0 Å². The van der Waals surface area contributed by atoms with Crippen molar-refractivity contribution in [2.75, 3.05) is 37.8 Å². The number of anilines is 1. The number of nitrogens with two attached hydrogens (primary N) is 1. The summed E-state index contributed by atoms with van der Waals surface area (Å²) in [6, 6.07) is 0. The Hall–Kier alpha value is -2.02. The van der Waals surface area contributed by atoms with E-state index in [0.29, 0.717) is 12.3 Å². The van der Waals surface area contributed by atoms with Gasteiger partial charge in [0.1, 0.15) is 36.3 Å². The van der Waals surface area contributed by atoms with Crippen LogP contribution >= 0.6 is 47.4 Å². The van der Waals surface area contributed by atoms with Gasteiger partial charge in [-0.15, -0.1) is 11.8 Å². The molecule has 2 unspecified atom stereocenters. The molecular weight excluding hydrogens is 811 g/mol. The van der Waals surface area contributed by atoms with E-state index in [1.807, 2.05) is 6.92 Å². The van der Waals surface area contributed by atoms with E-state index in [9.17, 15) is 53.1 Å². The van der Waals surface area contributed by atoms with Gasteiger partial charge in [0, 0.05) is 34.9 Å². The molecule has 2 aromatic rings. The number of imidazole rings is 1. The number of hydrogen-bond acceptors (Lipinski definition) is 18. The van der Waals surface area contributed by atoms with E-state index < -0.39 is 78.6 Å². The Morgan fingerprint density at radius 2 is 1.77 bits per heavy atom. The summed E-state index contributed by atoms with van der Waals surface area (Å²) >= 11 is 6.65. The van der Waals surface area contributed by atoms with Crippen LogP contribution in [0.5, 0.6) is 0 Å². The maximum atomic E-state index is 12.6. The first kappa shape index (κ1) is 45.4. The first-order valence-corrected chi connectivity index (χ1v) is 21.5. The molecule has 23 nitrogen and oxygen atoms in total. The molecule has 53 heavy (non-hydrogen) atoms. The molecule has 3 heterocycles. The van der Waals surface area contributed by atoms with E-state index in [4.69, 9.17) is 31.7 Å². The van der Waals surface area contributed by atoms with E-state index in [-0.39, 0.29) is 35.9 Å². The Labute approximate surface area is 312 Å². The molecule has 2 aromatic heterocycles. The molecule has 0 radical (unpaired) electrons. The lowest BCUT2D eigenvalue weighted by Crippen LogP contribution is -2.46. The van der Waals surface area contributed by atoms with Crippen LogP contribution in [0.1, 0.15) is 46.3 Å². The average molecular weight is 854 g/mol. The van der Waals surface area contributed by atoms with Crippen molar-refractivity contribution in [3.05, 3.63) is 12.7 Å². The minimum Gasteiger partial charge on any atom is -0.386 e. The molecule has 0 saturated carbocycles. The fourth-order valence-corrected chi connectivity index (χ4v) is 8.63. The molecule has 2 amide bonds. The number of phosphoric acid groups is 3. The van der Waals surface area contributed by atoms with Crippen LogP contribution in [0, 0.1) is 5.41 Å². The first-order chi connectivity index (χ1) is 24.6. The number of thioether (sulfide) groups is 1. The largest absolute Gasteiger partial charge is 0.481 e. The van der Waals surface area contributed by atoms with Gasteiger partial charge in [0.25, 0.3) is 0 Å². The van der Waals surface area contributed by atoms with Crippen molar-refractivity contribution < 1.29 is 75.7 Å². The molecule has 28 heteroatoms. The van der Waals surface area contributed by atoms with Gasteiger partial charge in [0.2, 0.25) is 11.8 Å². The molecule has 3 rings (SSSR count). The third-order valence-corrected chi connectivity index (χ3v) is 11.8. The Bertz CT molecular complexity index is 1750. The molecule has 300 valence electrons. The second kappa shape index (κ2) is 19.2. The summed E-state index contributed by atoms with van der Waals surface area (Å²) in [7, 11) is -16.3. The van der Waals surface area contributed by atoms with E-state index in [2.05, 4.69) is 34.4 Å². The van der Waals surface area contributed by atoms with Gasteiger partial charge in [0.15, 0.2) is 17.7 Å². The highest BCUT2D eigenvalue weighted by Gasteiger charge is 2.50. The predicted octanol–water partition coefficient (Wildman–Crippen LogP) is 0.266. The smallest absolute Gasteiger partial charge is 0.386 e. The number of aliphatic hydroxyl groups is 2. The maximum absolute atomic E-state index is 12.6. The van der Waals surface area contributed by atoms with Crippen LogP contribution in [0.3, 0.4) is 0 Å². The van der Waals surface area contributed by atoms with Crippen LogP contribution < -0.4 is 16.4 Å². The molecule has 1 saturated heterocycles. The van der Waals surface area contributed by atoms with Gasteiger partial charge >= 0.3 is 23.5 Å². The molecule has 7 atom stereocenters. The fourth-order valence-electron chi connectivity index (χ4n) is 4.57. The standard InChI is InChI=1S/C25H42N7O16P3S2/c1-4-5-16(52)53-9-8-27-15(33)6-7-28-23(36)20(35)25(2,3)11-45-51(42,43)48-50(40,41)44-10-14-19(47-49(37,38)39)18(34)24(46-14)32-13-31-17-21(26)29-12-30-22(17)32/h12-14,18-20,24,34-35H,4-11H2,1-3H3,(H,27,33)(H,28,36)(H,40,41)(H,42,43)(H2,26,29,30)(H2,37,38,39)/t14-,18-,19-,20+,24-/m1/s1. The van der Waals surface area contributed by atoms with E-state index in [1.54, 1.807) is 0 Å². The second-order valence-electron chi connectivity index (χ2n) is 12.0. The number of fused-ring (bicyclic) bond motifs is 1. The molecule has 0 bridgehead atoms. The number of carbonyl (C=O) groups excluding carboxylic acids is 2. The lowest BCUT2D eigenvalue weighted by Gasteiger charge is -2.30. The number of hydrogen-bond donors (Lipinski definition) is 9. The second-order valence-corrected chi connectivity index (χ2v) is 18.2. The zero-order valence-corrected chi connectivity index (χ0v) is 32.8. The van der Waals surface area contributed by atoms with Crippen molar-refractivity contribution in [2.24, 2.45) is 5.41 Å². The molecule has 0 aliphatic carbocycles. The van der Waals surface area contributed by atoms with Gasteiger partial charge < -0.3 is 50.9 Å². The normalized spacial score (nSPS) is 22.2. The number of aliphatic hydroxyl groups excluding tert-OH is 2. The molecule has 1 aliphatic heterocycles. The molecule has 1 aliphatic rings. The molecule has 0 spiro atoms. The summed E-state index contributed by atoms with van der Waals surface area (Å²) in [6.45, 7) is 2.78. The Kier molecular flexibility index (Phi) is 16.5. The number of nitrogens with zero attached hydrogens (tertiary/aromatic N) is 4. The fraction of sp³-hybridized carbons (Fsp3) is 0.680. The summed E-state index contributed by atoms with van der Waals surface area (Å²) in [5.41, 5.74) is 4.30. The monoisotopic (exact) mass is 853 g/mol. The zero-order chi connectivity index (χ0) is 39.8. The van der Waals surface area contributed by atoms with Crippen molar-refractivity contribution in [3.8, 4) is 0 Å². The number of ether oxygens (including phenoxy) is 1. The third kappa shape index (κ3) is 13.9. The quantitative estimate of drug-likeness (QED) is 0.0462.